The Morgan fingerprint density at radius 3 is 2.17 bits per heavy atom. The molecule has 1 amide bonds. The van der Waals surface area contributed by atoms with Gasteiger partial charge in [-0.25, -0.2) is 0 Å². The Morgan fingerprint density at radius 2 is 1.61 bits per heavy atom. The molecule has 3 aliphatic heterocycles. The molecule has 3 nitrogen and oxygen atoms in total. The van der Waals surface area contributed by atoms with Crippen molar-refractivity contribution in [2.45, 2.75) is 83.0 Å². The monoisotopic (exact) mass is 250 g/mol. The number of amides is 1. The van der Waals surface area contributed by atoms with Crippen LogP contribution >= 0.6 is 0 Å². The fraction of sp³-hybridized carbons (Fsp3) is 0.933. The van der Waals surface area contributed by atoms with Crippen LogP contribution in [0.4, 0.5) is 0 Å². The average Bonchev–Trinajstić information content (AvgIpc) is 2.82. The van der Waals surface area contributed by atoms with E-state index in [0.717, 1.165) is 6.42 Å². The first kappa shape index (κ1) is 12.5. The molecular formula is C15H26N2O. The van der Waals surface area contributed by atoms with Crippen molar-refractivity contribution in [2.24, 2.45) is 5.92 Å². The first-order chi connectivity index (χ1) is 8.63. The van der Waals surface area contributed by atoms with Gasteiger partial charge in [0, 0.05) is 30.6 Å². The second-order valence-electron chi connectivity index (χ2n) is 6.76. The van der Waals surface area contributed by atoms with Crippen LogP contribution in [0, 0.1) is 5.92 Å². The summed E-state index contributed by atoms with van der Waals surface area (Å²) in [6.07, 6.45) is 8.26. The predicted octanol–water partition coefficient (Wildman–Crippen LogP) is 2.31. The van der Waals surface area contributed by atoms with Crippen molar-refractivity contribution < 1.29 is 4.79 Å². The quantitative estimate of drug-likeness (QED) is 0.815. The van der Waals surface area contributed by atoms with Gasteiger partial charge >= 0.3 is 0 Å². The molecule has 102 valence electrons. The number of piperidine rings is 1. The van der Waals surface area contributed by atoms with Crippen LogP contribution in [0.25, 0.3) is 0 Å². The Morgan fingerprint density at radius 1 is 1.06 bits per heavy atom. The van der Waals surface area contributed by atoms with E-state index in [2.05, 4.69) is 24.1 Å². The molecule has 1 N–H and O–H groups in total. The van der Waals surface area contributed by atoms with Crippen molar-refractivity contribution in [3.63, 3.8) is 0 Å². The molecule has 4 atom stereocenters. The van der Waals surface area contributed by atoms with E-state index in [1.165, 1.54) is 38.5 Å². The Hall–Kier alpha value is -0.570. The summed E-state index contributed by atoms with van der Waals surface area (Å²) < 4.78 is 0. The van der Waals surface area contributed by atoms with E-state index in [9.17, 15) is 4.79 Å². The van der Waals surface area contributed by atoms with Crippen molar-refractivity contribution in [1.82, 2.24) is 10.2 Å². The molecule has 0 aliphatic carbocycles. The fourth-order valence-corrected chi connectivity index (χ4v) is 4.38. The second-order valence-corrected chi connectivity index (χ2v) is 6.76. The maximum Gasteiger partial charge on any atom is 0.223 e. The largest absolute Gasteiger partial charge is 0.337 e. The molecule has 3 saturated heterocycles. The molecule has 3 heterocycles. The molecule has 3 rings (SSSR count). The standard InChI is InChI=1S/C15H26N2O/c1-10-3-4-11(2)17(10)15(18)9-12-7-13-5-6-14(8-12)16-13/h10-14,16H,3-9H2,1-2H3. The summed E-state index contributed by atoms with van der Waals surface area (Å²) in [7, 11) is 0. The van der Waals surface area contributed by atoms with E-state index in [1.807, 2.05) is 0 Å². The van der Waals surface area contributed by atoms with E-state index in [-0.39, 0.29) is 0 Å². The van der Waals surface area contributed by atoms with Crippen LogP contribution in [0.3, 0.4) is 0 Å². The summed E-state index contributed by atoms with van der Waals surface area (Å²) in [5.41, 5.74) is 0. The van der Waals surface area contributed by atoms with Crippen molar-refractivity contribution in [2.75, 3.05) is 0 Å². The summed E-state index contributed by atoms with van der Waals surface area (Å²) in [5, 5.41) is 3.66. The highest BCUT2D eigenvalue weighted by atomic mass is 16.2. The summed E-state index contributed by atoms with van der Waals surface area (Å²) >= 11 is 0. The molecule has 18 heavy (non-hydrogen) atoms. The molecular weight excluding hydrogens is 224 g/mol. The highest BCUT2D eigenvalue weighted by molar-refractivity contribution is 5.77. The third kappa shape index (κ3) is 2.29. The SMILES string of the molecule is CC1CCC(C)N1C(=O)CC1CC2CCC(C1)N2. The number of carbonyl (C=O) groups excluding carboxylic acids is 1. The van der Waals surface area contributed by atoms with Gasteiger partial charge in [0.05, 0.1) is 0 Å². The van der Waals surface area contributed by atoms with Crippen molar-refractivity contribution in [3.8, 4) is 0 Å². The highest BCUT2D eigenvalue weighted by Gasteiger charge is 2.37. The minimum absolute atomic E-state index is 0.416. The first-order valence-electron chi connectivity index (χ1n) is 7.70. The molecule has 0 aromatic carbocycles. The number of hydrogen-bond acceptors (Lipinski definition) is 2. The summed E-state index contributed by atoms with van der Waals surface area (Å²) in [5.74, 6) is 1.05. The van der Waals surface area contributed by atoms with Gasteiger partial charge in [0.1, 0.15) is 0 Å². The van der Waals surface area contributed by atoms with Crippen LogP contribution in [0.15, 0.2) is 0 Å². The Balaban J connectivity index is 1.57. The van der Waals surface area contributed by atoms with E-state index in [4.69, 9.17) is 0 Å². The zero-order chi connectivity index (χ0) is 12.7. The zero-order valence-electron chi connectivity index (χ0n) is 11.7. The van der Waals surface area contributed by atoms with Gasteiger partial charge in [-0.3, -0.25) is 4.79 Å². The summed E-state index contributed by atoms with van der Waals surface area (Å²) in [6, 6.07) is 2.34. The number of nitrogens with one attached hydrogen (secondary N) is 1. The normalized spacial score (nSPS) is 43.4. The van der Waals surface area contributed by atoms with Gasteiger partial charge in [-0.15, -0.1) is 0 Å². The van der Waals surface area contributed by atoms with Crippen molar-refractivity contribution in [1.29, 1.82) is 0 Å². The lowest BCUT2D eigenvalue weighted by molar-refractivity contribution is -0.134. The van der Waals surface area contributed by atoms with Gasteiger partial charge in [-0.1, -0.05) is 0 Å². The van der Waals surface area contributed by atoms with E-state index in [0.29, 0.717) is 36.0 Å². The van der Waals surface area contributed by atoms with Gasteiger partial charge in [0.2, 0.25) is 5.91 Å². The third-order valence-electron chi connectivity index (χ3n) is 5.27. The maximum absolute atomic E-state index is 12.5. The summed E-state index contributed by atoms with van der Waals surface area (Å²) in [4.78, 5) is 14.6. The number of nitrogens with zero attached hydrogens (tertiary/aromatic N) is 1. The van der Waals surface area contributed by atoms with Crippen LogP contribution in [0.5, 0.6) is 0 Å². The minimum atomic E-state index is 0.416. The number of fused-ring (bicyclic) bond motifs is 2. The highest BCUT2D eigenvalue weighted by Crippen LogP contribution is 2.34. The third-order valence-corrected chi connectivity index (χ3v) is 5.27. The zero-order valence-corrected chi connectivity index (χ0v) is 11.7. The van der Waals surface area contributed by atoms with Gasteiger partial charge in [-0.05, 0) is 58.3 Å². The van der Waals surface area contributed by atoms with Gasteiger partial charge in [0.25, 0.3) is 0 Å². The number of rotatable bonds is 2. The second kappa shape index (κ2) is 4.84. The minimum Gasteiger partial charge on any atom is -0.337 e. The Labute approximate surface area is 110 Å². The maximum atomic E-state index is 12.5. The number of carbonyl (C=O) groups is 1. The van der Waals surface area contributed by atoms with E-state index < -0.39 is 0 Å². The fourth-order valence-electron chi connectivity index (χ4n) is 4.38. The van der Waals surface area contributed by atoms with Gasteiger partial charge in [-0.2, -0.15) is 0 Å². The molecule has 0 aromatic rings. The topological polar surface area (TPSA) is 32.3 Å². The van der Waals surface area contributed by atoms with E-state index in [1.54, 1.807) is 0 Å². The van der Waals surface area contributed by atoms with Crippen molar-refractivity contribution in [3.05, 3.63) is 0 Å². The molecule has 3 aliphatic rings. The first-order valence-corrected chi connectivity index (χ1v) is 7.70. The smallest absolute Gasteiger partial charge is 0.223 e. The van der Waals surface area contributed by atoms with Gasteiger partial charge in [0.15, 0.2) is 0 Å². The van der Waals surface area contributed by atoms with Crippen molar-refractivity contribution >= 4 is 5.91 Å². The van der Waals surface area contributed by atoms with Crippen LogP contribution in [0.2, 0.25) is 0 Å². The van der Waals surface area contributed by atoms with Crippen LogP contribution in [-0.4, -0.2) is 35.0 Å². The van der Waals surface area contributed by atoms with Gasteiger partial charge < -0.3 is 10.2 Å². The lowest BCUT2D eigenvalue weighted by atomic mass is 9.89. The predicted molar refractivity (Wildman–Crippen MR) is 72.3 cm³/mol. The lowest BCUT2D eigenvalue weighted by Crippen LogP contribution is -2.42. The molecule has 0 saturated carbocycles. The van der Waals surface area contributed by atoms with Crippen LogP contribution in [0.1, 0.15) is 58.8 Å². The molecule has 2 bridgehead atoms. The average molecular weight is 250 g/mol. The van der Waals surface area contributed by atoms with Crippen LogP contribution < -0.4 is 5.32 Å². The number of likely N-dealkylation sites (tertiary alicyclic amines) is 1. The molecule has 3 heteroatoms. The lowest BCUT2D eigenvalue weighted by Gasteiger charge is -2.32. The van der Waals surface area contributed by atoms with E-state index >= 15 is 0 Å². The van der Waals surface area contributed by atoms with Crippen LogP contribution in [-0.2, 0) is 4.79 Å². The Kier molecular flexibility index (Phi) is 3.35. The summed E-state index contributed by atoms with van der Waals surface area (Å²) in [6.45, 7) is 4.40. The number of hydrogen-bond donors (Lipinski definition) is 1. The molecule has 0 aromatic heterocycles. The Bertz CT molecular complexity index is 308. The molecule has 4 unspecified atom stereocenters. The molecule has 0 spiro atoms. The molecule has 3 fully saturated rings. The molecule has 0 radical (unpaired) electrons.